The number of hydrogen-bond donors (Lipinski definition) is 5. The van der Waals surface area contributed by atoms with Gasteiger partial charge < -0.3 is 11.6 Å². The molecule has 0 saturated heterocycles. The highest BCUT2D eigenvalue weighted by atomic mass is 19.4. The summed E-state index contributed by atoms with van der Waals surface area (Å²) in [6, 6.07) is 19.3. The molecule has 0 aliphatic rings. The maximum atomic E-state index is 13.1. The van der Waals surface area contributed by atoms with E-state index in [2.05, 4.69) is 74.6 Å². The number of aromatic amines is 1. The first kappa shape index (κ1) is 43.4. The van der Waals surface area contributed by atoms with E-state index in [1.807, 2.05) is 48.5 Å². The molecule has 6 rings (SSSR count). The first-order chi connectivity index (χ1) is 36.6. The van der Waals surface area contributed by atoms with Crippen LogP contribution in [0.15, 0.2) is 109 Å². The lowest BCUT2D eigenvalue weighted by Gasteiger charge is -2.10. The second-order valence-corrected chi connectivity index (χ2v) is 13.1. The fraction of sp³-hybridized carbons (Fsp3) is 0.238. The third-order valence-electron chi connectivity index (χ3n) is 8.23. The highest BCUT2D eigenvalue weighted by molar-refractivity contribution is 5.98. The monoisotopic (exact) mass is 951 g/mol. The van der Waals surface area contributed by atoms with Gasteiger partial charge in [-0.05, 0) is 41.2 Å². The number of amidine groups is 1. The van der Waals surface area contributed by atoms with Crippen molar-refractivity contribution in [3.8, 4) is 28.8 Å². The van der Waals surface area contributed by atoms with Gasteiger partial charge >= 0.3 is 18.5 Å². The number of hydrazone groups is 1. The molecule has 6 aromatic rings. The quantitative estimate of drug-likeness (QED) is 0.0263. The Balaban J connectivity index is -0.000000134. The average molecular weight is 951 g/mol. The van der Waals surface area contributed by atoms with Crippen molar-refractivity contribution in [3.05, 3.63) is 148 Å². The first-order valence-corrected chi connectivity index (χ1v) is 18.0. The Hall–Kier alpha value is -7.25. The summed E-state index contributed by atoms with van der Waals surface area (Å²) in [6.07, 6.45) is -6.46. The molecule has 2 aromatic carbocycles. The Labute approximate surface area is 385 Å². The third-order valence-corrected chi connectivity index (χ3v) is 8.23. The fourth-order valence-electron chi connectivity index (χ4n) is 4.96. The largest absolute Gasteiger partial charge is 0.417 e. The van der Waals surface area contributed by atoms with Gasteiger partial charge in [0.2, 0.25) is 0 Å². The summed E-state index contributed by atoms with van der Waals surface area (Å²) in [5.41, 5.74) is 5.56. The zero-order chi connectivity index (χ0) is 61.5. The van der Waals surface area contributed by atoms with Crippen LogP contribution in [0.5, 0.6) is 0 Å². The predicted octanol–water partition coefficient (Wildman–Crippen LogP) is 11.4. The molecule has 64 heavy (non-hydrogen) atoms. The molecular weight excluding hydrogens is 860 g/mol. The minimum absolute atomic E-state index is 0. The van der Waals surface area contributed by atoms with Gasteiger partial charge in [0.1, 0.15) is 12.4 Å². The maximum absolute atomic E-state index is 13.1. The first-order valence-electron chi connectivity index (χ1n) is 25.0. The van der Waals surface area contributed by atoms with Gasteiger partial charge in [-0.1, -0.05) is 83.7 Å². The van der Waals surface area contributed by atoms with Crippen LogP contribution in [-0.2, 0) is 18.5 Å². The summed E-state index contributed by atoms with van der Waals surface area (Å²) in [7, 11) is 0. The Morgan fingerprint density at radius 1 is 0.734 bits per heavy atom. The lowest BCUT2D eigenvalue weighted by Crippen LogP contribution is -2.21. The molecule has 0 spiro atoms. The summed E-state index contributed by atoms with van der Waals surface area (Å²) >= 11 is 0. The van der Waals surface area contributed by atoms with Gasteiger partial charge in [-0.2, -0.15) is 55.0 Å². The number of carbonyl (C=O) groups excluding carboxylic acids is 1. The molecule has 22 heteroatoms. The molecule has 0 aliphatic carbocycles. The van der Waals surface area contributed by atoms with Crippen LogP contribution in [0.1, 0.15) is 118 Å². The molecule has 4 heterocycles. The second kappa shape index (κ2) is 25.0. The van der Waals surface area contributed by atoms with Crippen LogP contribution in [0.3, 0.4) is 0 Å². The van der Waals surface area contributed by atoms with E-state index in [1.54, 1.807) is 0 Å². The zero-order valence-corrected chi connectivity index (χ0v) is 33.8. The molecular formula is C42H61F9N12O. The smallest absolute Gasteiger partial charge is 0.382 e. The maximum Gasteiger partial charge on any atom is 0.417 e. The number of carbonyl (C=O) groups is 1. The van der Waals surface area contributed by atoms with Crippen LogP contribution in [0.2, 0.25) is 0 Å². The molecule has 0 radical (unpaired) electrons. The van der Waals surface area contributed by atoms with Gasteiger partial charge in [-0.25, -0.2) is 4.98 Å². The van der Waals surface area contributed by atoms with E-state index in [9.17, 15) is 44.3 Å². The van der Waals surface area contributed by atoms with Crippen LogP contribution >= 0.6 is 0 Å². The van der Waals surface area contributed by atoms with Crippen molar-refractivity contribution >= 4 is 12.1 Å². The normalized spacial score (nSPS) is 12.0. The number of hydrazine groups is 1. The van der Waals surface area contributed by atoms with Gasteiger partial charge in [-0.3, -0.25) is 36.5 Å². The SMILES string of the molecule is C.CC(C)c1ccc(-c2n[nH]c(-c3cnccc3C(F)(F)F)n2)cc1.CC(C)c1ccc(C=O)cc1.N#Cc1cnccc1C(F)(F)F.N/N=C(\N)c1cnccc1C(F)(F)F.NN.[3HH].[3H][3H].[3H][3H].[3H][3H].[3H][3H].[3H][3H].[3H][3H].[3H][3H]. The number of alkyl halides is 9. The van der Waals surface area contributed by atoms with E-state index in [0.717, 1.165) is 72.8 Å². The minimum Gasteiger partial charge on any atom is -0.382 e. The van der Waals surface area contributed by atoms with Gasteiger partial charge in [-0.15, -0.1) is 0 Å². The van der Waals surface area contributed by atoms with Crippen molar-refractivity contribution in [1.29, 1.82) is 5.26 Å². The molecule has 0 bridgehead atoms. The van der Waals surface area contributed by atoms with E-state index in [4.69, 9.17) is 37.6 Å². The summed E-state index contributed by atoms with van der Waals surface area (Å²) in [4.78, 5) is 25.2. The Bertz CT molecular complexity index is 2460. The highest BCUT2D eigenvalue weighted by Crippen LogP contribution is 2.36. The van der Waals surface area contributed by atoms with Crippen molar-refractivity contribution in [2.24, 2.45) is 28.4 Å². The van der Waals surface area contributed by atoms with Gasteiger partial charge in [0.05, 0.1) is 22.3 Å². The number of nitriles is 1. The lowest BCUT2D eigenvalue weighted by molar-refractivity contribution is -0.138. The molecule has 0 amide bonds. The predicted molar refractivity (Wildman–Crippen MR) is 240 cm³/mol. The summed E-state index contributed by atoms with van der Waals surface area (Å²) in [5.74, 6) is 13.7. The van der Waals surface area contributed by atoms with Crippen molar-refractivity contribution in [2.75, 3.05) is 0 Å². The lowest BCUT2D eigenvalue weighted by atomic mass is 10.0. The third kappa shape index (κ3) is 16.2. The number of nitrogens with two attached hydrogens (primary N) is 4. The molecule has 0 fully saturated rings. The van der Waals surface area contributed by atoms with Crippen LogP contribution in [0, 0.1) is 11.3 Å². The number of benzene rings is 2. The minimum atomic E-state index is -4.49. The number of halogens is 9. The molecule has 358 valence electrons. The zero-order valence-electron chi connectivity index (χ0n) is 47.8. The van der Waals surface area contributed by atoms with Crippen LogP contribution < -0.4 is 23.3 Å². The fourth-order valence-corrected chi connectivity index (χ4v) is 4.96. The topological polar surface area (TPSA) is 238 Å². The van der Waals surface area contributed by atoms with Crippen LogP contribution in [0.4, 0.5) is 39.5 Å². The molecule has 0 unspecified atom stereocenters. The summed E-state index contributed by atoms with van der Waals surface area (Å²) in [5, 5.41) is 17.9. The van der Waals surface area contributed by atoms with Crippen molar-refractivity contribution in [1.82, 2.24) is 30.1 Å². The number of aldehydes is 1. The van der Waals surface area contributed by atoms with Gasteiger partial charge in [0, 0.05) is 81.6 Å². The number of H-pyrrole nitrogens is 1. The van der Waals surface area contributed by atoms with Crippen molar-refractivity contribution in [2.45, 2.75) is 65.5 Å². The number of nitrogens with zero attached hydrogens (tertiary/aromatic N) is 7. The van der Waals surface area contributed by atoms with Crippen molar-refractivity contribution < 1.29 is 66.5 Å². The Kier molecular flexibility index (Phi) is 17.0. The number of hydrogen-bond acceptors (Lipinski definition) is 11. The molecule has 0 aliphatic heterocycles. The van der Waals surface area contributed by atoms with E-state index in [1.165, 1.54) is 17.2 Å². The summed E-state index contributed by atoms with van der Waals surface area (Å²) in [6.45, 7) is 8.44. The Morgan fingerprint density at radius 2 is 1.19 bits per heavy atom. The highest BCUT2D eigenvalue weighted by Gasteiger charge is 2.36. The van der Waals surface area contributed by atoms with E-state index in [-0.39, 0.29) is 25.8 Å². The van der Waals surface area contributed by atoms with E-state index < -0.39 is 46.6 Å². The molecule has 9 N–H and O–H groups in total. The molecule has 0 saturated carbocycles. The average Bonchev–Trinajstić information content (AvgIpc) is 3.97. The number of pyridine rings is 3. The van der Waals surface area contributed by atoms with Gasteiger partial charge in [0.25, 0.3) is 0 Å². The summed E-state index contributed by atoms with van der Waals surface area (Å²) < 4.78 is 183. The van der Waals surface area contributed by atoms with E-state index in [0.29, 0.717) is 17.7 Å². The van der Waals surface area contributed by atoms with Crippen molar-refractivity contribution in [3.63, 3.8) is 0 Å². The molecule has 0 atom stereocenters. The second-order valence-electron chi connectivity index (χ2n) is 13.1. The number of nitrogens with one attached hydrogen (secondary N) is 1. The molecule has 13 nitrogen and oxygen atoms in total. The van der Waals surface area contributed by atoms with Crippen LogP contribution in [0.25, 0.3) is 22.8 Å². The van der Waals surface area contributed by atoms with E-state index >= 15 is 0 Å². The van der Waals surface area contributed by atoms with Gasteiger partial charge in [0.15, 0.2) is 17.5 Å². The van der Waals surface area contributed by atoms with Crippen LogP contribution in [-0.4, -0.2) is 42.3 Å². The molecule has 4 aromatic heterocycles. The Morgan fingerprint density at radius 3 is 1.62 bits per heavy atom. The standard InChI is InChI=1S/C17H15F3N4.C10H12O.C7H7F3N4.C7H3F3N2.CH4.H4N2.8H2/c1-10(2)11-3-5-12(6-4-11)15-22-16(24-23-15)13-9-21-8-7-14(13)17(18,19)20;1-8(2)10-5-3-9(7-11)4-6-10;8-7(9,10)5-1-2-13-3-4(5)6(11)14-12;8-7(9,10)6-1-2-12-4-5(6)3-11;;1-2;;;;;;;;/h3-10H,1-2H3,(H,22,23,24);3-8H,1-2H3;1-3H,12H2,(H2,11,14);1-2,4H;1H4;1-2H2;8*1H/i;;;;;;7*1+2T;1+2. The number of rotatable bonds is 6. The number of aromatic nitrogens is 6.